The fraction of sp³-hybridized carbons (Fsp3) is 0.326. The Morgan fingerprint density at radius 1 is 0.927 bits per heavy atom. The minimum atomic E-state index is -3.36. The lowest BCUT2D eigenvalue weighted by Crippen LogP contribution is -2.45. The molecule has 1 N–H and O–H groups in total. The quantitative estimate of drug-likeness (QED) is 0.112. The number of hydrogen-bond donors (Lipinski definition) is 1. The van der Waals surface area contributed by atoms with Crippen molar-refractivity contribution in [2.24, 2.45) is 11.0 Å². The number of para-hydroxylation sites is 1. The highest BCUT2D eigenvalue weighted by Gasteiger charge is 2.66. The fourth-order valence-corrected chi connectivity index (χ4v) is 11.4. The maximum atomic E-state index is 16.4. The number of aromatic nitrogens is 3. The summed E-state index contributed by atoms with van der Waals surface area (Å²) in [5.74, 6) is -1.00. The summed E-state index contributed by atoms with van der Waals surface area (Å²) in [4.78, 5) is 29.5. The van der Waals surface area contributed by atoms with E-state index in [-0.39, 0.29) is 30.9 Å². The Bertz CT molecular complexity index is 2210. The second-order valence-electron chi connectivity index (χ2n) is 15.3. The van der Waals surface area contributed by atoms with E-state index in [1.165, 1.54) is 5.01 Å². The molecule has 10 nitrogen and oxygen atoms in total. The zero-order valence-electron chi connectivity index (χ0n) is 31.3. The van der Waals surface area contributed by atoms with Crippen LogP contribution in [0.5, 0.6) is 0 Å². The summed E-state index contributed by atoms with van der Waals surface area (Å²) < 4.78 is 25.1. The van der Waals surface area contributed by atoms with Crippen LogP contribution in [0.3, 0.4) is 0 Å². The second-order valence-corrected chi connectivity index (χ2v) is 19.1. The first-order chi connectivity index (χ1) is 26.6. The van der Waals surface area contributed by atoms with Crippen LogP contribution in [0.4, 0.5) is 15.5 Å². The summed E-state index contributed by atoms with van der Waals surface area (Å²) >= 11 is 0. The summed E-state index contributed by atoms with van der Waals surface area (Å²) in [7, 11) is -3.36. The molecule has 55 heavy (non-hydrogen) atoms. The summed E-state index contributed by atoms with van der Waals surface area (Å²) in [6, 6.07) is 34.8. The van der Waals surface area contributed by atoms with Crippen molar-refractivity contribution in [1.82, 2.24) is 15.0 Å². The van der Waals surface area contributed by atoms with Gasteiger partial charge in [-0.05, 0) is 54.4 Å². The molecule has 1 fully saturated rings. The van der Waals surface area contributed by atoms with E-state index < -0.39 is 31.6 Å². The van der Waals surface area contributed by atoms with Crippen LogP contribution in [-0.2, 0) is 33.0 Å². The Morgan fingerprint density at radius 2 is 1.62 bits per heavy atom. The first-order valence-corrected chi connectivity index (χ1v) is 21.9. The van der Waals surface area contributed by atoms with Crippen LogP contribution in [-0.4, -0.2) is 58.7 Å². The highest BCUT2D eigenvalue weighted by molar-refractivity contribution is 6.72. The normalized spacial score (nSPS) is 23.0. The Balaban J connectivity index is 1.03. The van der Waals surface area contributed by atoms with E-state index in [0.29, 0.717) is 37.2 Å². The molecule has 0 saturated carbocycles. The maximum Gasteiger partial charge on any atom is 0.264 e. The number of anilines is 2. The molecule has 5 aromatic rings. The number of benzene rings is 4. The van der Waals surface area contributed by atoms with Crippen LogP contribution in [0, 0.1) is 5.92 Å². The predicted octanol–water partition coefficient (Wildman–Crippen LogP) is 7.35. The molecule has 2 amide bonds. The largest absolute Gasteiger partial charge is 0.395 e. The molecule has 282 valence electrons. The van der Waals surface area contributed by atoms with Gasteiger partial charge in [-0.25, -0.2) is 5.01 Å². The number of nitrogens with zero attached hydrogens (tertiary/aromatic N) is 6. The number of halogens is 1. The standard InChI is InChI=1S/C43H45FN6O4Si/c1-29-41(55(2,3)44)39(24-25-48-27-37(45-47-48)34(28-51)31-12-6-4-7-13-31)54-43(29)35-16-10-11-17-38(35)49(42(43)53)26-30-18-20-33(21-19-30)50-40(52)23-22-36(46-50)32-14-8-5-9-15-32/h4-21,27,29,34,39,41,51H,22-26,28H2,1-3H3/t29-,34?,39+,41-,43+/m1/s1. The molecule has 1 spiro atoms. The van der Waals surface area contributed by atoms with E-state index in [0.717, 1.165) is 33.7 Å². The van der Waals surface area contributed by atoms with Crippen molar-refractivity contribution >= 4 is 37.3 Å². The molecule has 1 unspecified atom stereocenters. The number of aliphatic hydroxyl groups excluding tert-OH is 1. The van der Waals surface area contributed by atoms with Gasteiger partial charge in [-0.1, -0.05) is 103 Å². The summed E-state index contributed by atoms with van der Waals surface area (Å²) in [5, 5.41) is 25.0. The van der Waals surface area contributed by atoms with Gasteiger partial charge in [0.1, 0.15) is 0 Å². The molecule has 4 aromatic carbocycles. The predicted molar refractivity (Wildman–Crippen MR) is 212 cm³/mol. The minimum Gasteiger partial charge on any atom is -0.395 e. The molecule has 3 aliphatic heterocycles. The Morgan fingerprint density at radius 3 is 2.33 bits per heavy atom. The van der Waals surface area contributed by atoms with Gasteiger partial charge in [-0.15, -0.1) is 5.10 Å². The molecule has 1 aromatic heterocycles. The van der Waals surface area contributed by atoms with Gasteiger partial charge < -0.3 is 18.9 Å². The fourth-order valence-electron chi connectivity index (χ4n) is 8.84. The molecule has 3 aliphatic rings. The van der Waals surface area contributed by atoms with Gasteiger partial charge in [-0.3, -0.25) is 14.3 Å². The molecule has 12 heteroatoms. The number of aliphatic hydroxyl groups is 1. The molecular formula is C43H45FN6O4Si. The molecule has 0 bridgehead atoms. The zero-order chi connectivity index (χ0) is 38.3. The third-order valence-corrected chi connectivity index (χ3v) is 13.9. The van der Waals surface area contributed by atoms with Crippen molar-refractivity contribution in [1.29, 1.82) is 0 Å². The zero-order valence-corrected chi connectivity index (χ0v) is 32.3. The number of hydrazone groups is 1. The molecule has 1 saturated heterocycles. The van der Waals surface area contributed by atoms with Gasteiger partial charge in [0.15, 0.2) is 5.60 Å². The SMILES string of the molecule is C[C@@H]1[C@@H]([Si](C)(C)F)[C@H](CCn2cc(C(CO)c3ccccc3)nn2)O[C@@]12C(=O)N(Cc1ccc(N3N=C(c4ccccc4)CCC3=O)cc1)c1ccccc12. The summed E-state index contributed by atoms with van der Waals surface area (Å²) in [6.45, 7) is 5.95. The van der Waals surface area contributed by atoms with Gasteiger partial charge in [0.05, 0.1) is 48.0 Å². The molecule has 0 aliphatic carbocycles. The number of carbonyl (C=O) groups excluding carboxylic acids is 2. The lowest BCUT2D eigenvalue weighted by molar-refractivity contribution is -0.146. The number of rotatable bonds is 11. The van der Waals surface area contributed by atoms with Crippen molar-refractivity contribution < 1.29 is 23.5 Å². The average Bonchev–Trinajstić information content (AvgIpc) is 3.86. The van der Waals surface area contributed by atoms with Crippen molar-refractivity contribution in [2.75, 3.05) is 16.5 Å². The number of carbonyl (C=O) groups is 2. The van der Waals surface area contributed by atoms with E-state index in [2.05, 4.69) is 10.3 Å². The van der Waals surface area contributed by atoms with Crippen LogP contribution in [0.25, 0.3) is 0 Å². The van der Waals surface area contributed by atoms with Crippen LogP contribution in [0.2, 0.25) is 18.6 Å². The number of ether oxygens (including phenoxy) is 1. The lowest BCUT2D eigenvalue weighted by atomic mass is 9.82. The number of amides is 2. The van der Waals surface area contributed by atoms with Gasteiger partial charge in [-0.2, -0.15) is 5.10 Å². The Kier molecular flexibility index (Phi) is 9.82. The lowest BCUT2D eigenvalue weighted by Gasteiger charge is -2.31. The minimum absolute atomic E-state index is 0.0698. The van der Waals surface area contributed by atoms with Crippen molar-refractivity contribution in [2.45, 2.75) is 75.5 Å². The van der Waals surface area contributed by atoms with E-state index in [9.17, 15) is 14.7 Å². The van der Waals surface area contributed by atoms with E-state index in [4.69, 9.17) is 9.84 Å². The van der Waals surface area contributed by atoms with Crippen molar-refractivity contribution in [3.63, 3.8) is 0 Å². The smallest absolute Gasteiger partial charge is 0.264 e. The third kappa shape index (κ3) is 6.72. The second kappa shape index (κ2) is 14.7. The molecule has 0 radical (unpaired) electrons. The molecular weight excluding hydrogens is 712 g/mol. The topological polar surface area (TPSA) is 113 Å². The van der Waals surface area contributed by atoms with Gasteiger partial charge in [0.2, 0.25) is 14.3 Å². The Hall–Kier alpha value is -5.30. The number of hydrogen-bond acceptors (Lipinski definition) is 7. The van der Waals surface area contributed by atoms with Gasteiger partial charge in [0, 0.05) is 42.6 Å². The highest BCUT2D eigenvalue weighted by atomic mass is 28.4. The van der Waals surface area contributed by atoms with Crippen LogP contribution in [0.1, 0.15) is 60.1 Å². The molecule has 5 atom stereocenters. The first kappa shape index (κ1) is 36.7. The van der Waals surface area contributed by atoms with Crippen molar-refractivity contribution in [3.8, 4) is 0 Å². The van der Waals surface area contributed by atoms with E-state index in [1.54, 1.807) is 22.7 Å². The number of aryl methyl sites for hydroxylation is 1. The maximum absolute atomic E-state index is 16.4. The first-order valence-electron chi connectivity index (χ1n) is 19.0. The third-order valence-electron chi connectivity index (χ3n) is 11.5. The van der Waals surface area contributed by atoms with Gasteiger partial charge >= 0.3 is 0 Å². The Labute approximate surface area is 321 Å². The number of fused-ring (bicyclic) bond motifs is 2. The van der Waals surface area contributed by atoms with Gasteiger partial charge in [0.25, 0.3) is 5.91 Å². The monoisotopic (exact) mass is 756 g/mol. The molecule has 4 heterocycles. The van der Waals surface area contributed by atoms with E-state index >= 15 is 4.11 Å². The van der Waals surface area contributed by atoms with Crippen LogP contribution >= 0.6 is 0 Å². The highest BCUT2D eigenvalue weighted by Crippen LogP contribution is 2.60. The average molecular weight is 757 g/mol. The summed E-state index contributed by atoms with van der Waals surface area (Å²) in [5.41, 5.74) is 4.70. The van der Waals surface area contributed by atoms with Crippen LogP contribution < -0.4 is 9.91 Å². The molecule has 8 rings (SSSR count). The van der Waals surface area contributed by atoms with E-state index in [1.807, 2.05) is 122 Å². The van der Waals surface area contributed by atoms with Crippen molar-refractivity contribution in [3.05, 3.63) is 143 Å². The van der Waals surface area contributed by atoms with Crippen LogP contribution in [0.15, 0.2) is 120 Å². The summed E-state index contributed by atoms with van der Waals surface area (Å²) in [6.07, 6.45) is 2.69.